The van der Waals surface area contributed by atoms with Crippen molar-refractivity contribution < 1.29 is 14.3 Å². The second-order valence-corrected chi connectivity index (χ2v) is 8.13. The van der Waals surface area contributed by atoms with Crippen molar-refractivity contribution in [2.75, 3.05) is 13.2 Å². The highest BCUT2D eigenvalue weighted by molar-refractivity contribution is 5.94. The van der Waals surface area contributed by atoms with Gasteiger partial charge in [-0.3, -0.25) is 9.59 Å². The Bertz CT molecular complexity index is 857. The first-order valence-corrected chi connectivity index (χ1v) is 10.5. The van der Waals surface area contributed by atoms with E-state index >= 15 is 0 Å². The summed E-state index contributed by atoms with van der Waals surface area (Å²) < 4.78 is 5.94. The number of benzene rings is 2. The topological polar surface area (TPSA) is 58.6 Å². The van der Waals surface area contributed by atoms with Crippen molar-refractivity contribution in [2.24, 2.45) is 0 Å². The number of rotatable bonds is 7. The first-order chi connectivity index (χ1) is 14.1. The maximum atomic E-state index is 12.8. The predicted molar refractivity (Wildman–Crippen MR) is 112 cm³/mol. The Morgan fingerprint density at radius 1 is 1.03 bits per heavy atom. The molecule has 1 saturated heterocycles. The van der Waals surface area contributed by atoms with E-state index in [4.69, 9.17) is 4.74 Å². The first kappa shape index (κ1) is 19.5. The second-order valence-electron chi connectivity index (χ2n) is 8.13. The number of amides is 2. The molecule has 2 fully saturated rings. The lowest BCUT2D eigenvalue weighted by Crippen LogP contribution is -2.39. The SMILES string of the molecule is Cc1ccc(CC(=O)N2CCCC2COc2ccc(C(=O)NC3CC3)cc2)cc1. The molecule has 29 heavy (non-hydrogen) atoms. The maximum Gasteiger partial charge on any atom is 0.251 e. The Morgan fingerprint density at radius 3 is 2.45 bits per heavy atom. The smallest absolute Gasteiger partial charge is 0.251 e. The largest absolute Gasteiger partial charge is 0.491 e. The van der Waals surface area contributed by atoms with Crippen molar-refractivity contribution in [2.45, 2.75) is 51.1 Å². The van der Waals surface area contributed by atoms with E-state index in [2.05, 4.69) is 5.32 Å². The number of hydrogen-bond acceptors (Lipinski definition) is 3. The molecule has 0 spiro atoms. The first-order valence-electron chi connectivity index (χ1n) is 10.5. The molecule has 1 N–H and O–H groups in total. The molecule has 152 valence electrons. The monoisotopic (exact) mass is 392 g/mol. The predicted octanol–water partition coefficient (Wildman–Crippen LogP) is 3.50. The van der Waals surface area contributed by atoms with Crippen molar-refractivity contribution >= 4 is 11.8 Å². The van der Waals surface area contributed by atoms with Gasteiger partial charge in [0, 0.05) is 18.2 Å². The lowest BCUT2D eigenvalue weighted by atomic mass is 10.1. The van der Waals surface area contributed by atoms with Crippen LogP contribution in [-0.2, 0) is 11.2 Å². The number of carbonyl (C=O) groups excluding carboxylic acids is 2. The van der Waals surface area contributed by atoms with E-state index in [-0.39, 0.29) is 17.9 Å². The van der Waals surface area contributed by atoms with Crippen LogP contribution in [0.25, 0.3) is 0 Å². The van der Waals surface area contributed by atoms with Crippen molar-refractivity contribution in [3.63, 3.8) is 0 Å². The van der Waals surface area contributed by atoms with E-state index in [1.165, 1.54) is 5.56 Å². The van der Waals surface area contributed by atoms with E-state index in [1.54, 1.807) is 12.1 Å². The number of nitrogens with zero attached hydrogens (tertiary/aromatic N) is 1. The summed E-state index contributed by atoms with van der Waals surface area (Å²) in [5.74, 6) is 0.862. The fourth-order valence-electron chi connectivity index (χ4n) is 3.71. The van der Waals surface area contributed by atoms with Gasteiger partial charge in [0.1, 0.15) is 12.4 Å². The Kier molecular flexibility index (Phi) is 5.84. The zero-order valence-electron chi connectivity index (χ0n) is 16.9. The van der Waals surface area contributed by atoms with E-state index in [0.29, 0.717) is 24.6 Å². The van der Waals surface area contributed by atoms with Crippen LogP contribution in [0.5, 0.6) is 5.75 Å². The molecule has 1 aliphatic carbocycles. The van der Waals surface area contributed by atoms with Gasteiger partial charge in [0.25, 0.3) is 5.91 Å². The molecule has 2 aromatic rings. The molecule has 1 heterocycles. The van der Waals surface area contributed by atoms with Gasteiger partial charge in [0.2, 0.25) is 5.91 Å². The van der Waals surface area contributed by atoms with Gasteiger partial charge < -0.3 is 15.0 Å². The number of likely N-dealkylation sites (tertiary alicyclic amines) is 1. The normalized spacial score (nSPS) is 18.5. The summed E-state index contributed by atoms with van der Waals surface area (Å²) in [6.07, 6.45) is 4.55. The van der Waals surface area contributed by atoms with Crippen LogP contribution in [-0.4, -0.2) is 41.9 Å². The van der Waals surface area contributed by atoms with Crippen LogP contribution in [0.4, 0.5) is 0 Å². The molecule has 0 radical (unpaired) electrons. The average molecular weight is 392 g/mol. The minimum Gasteiger partial charge on any atom is -0.491 e. The zero-order valence-corrected chi connectivity index (χ0v) is 16.9. The third kappa shape index (κ3) is 5.17. The molecule has 1 atom stereocenters. The highest BCUT2D eigenvalue weighted by atomic mass is 16.5. The molecular formula is C24H28N2O3. The zero-order chi connectivity index (χ0) is 20.2. The van der Waals surface area contributed by atoms with Gasteiger partial charge in [0.15, 0.2) is 0 Å². The van der Waals surface area contributed by atoms with Gasteiger partial charge in [-0.2, -0.15) is 0 Å². The Hall–Kier alpha value is -2.82. The van der Waals surface area contributed by atoms with Gasteiger partial charge in [-0.1, -0.05) is 29.8 Å². The van der Waals surface area contributed by atoms with Gasteiger partial charge in [-0.25, -0.2) is 0 Å². The molecule has 2 amide bonds. The highest BCUT2D eigenvalue weighted by Crippen LogP contribution is 2.22. The van der Waals surface area contributed by atoms with Crippen LogP contribution < -0.4 is 10.1 Å². The number of nitrogens with one attached hydrogen (secondary N) is 1. The van der Waals surface area contributed by atoms with Crippen LogP contribution in [0.3, 0.4) is 0 Å². The van der Waals surface area contributed by atoms with Gasteiger partial charge in [-0.05, 0) is 62.4 Å². The molecule has 0 bridgehead atoms. The van der Waals surface area contributed by atoms with Crippen molar-refractivity contribution in [1.29, 1.82) is 0 Å². The third-order valence-corrected chi connectivity index (χ3v) is 5.64. The second kappa shape index (κ2) is 8.68. The molecular weight excluding hydrogens is 364 g/mol. The van der Waals surface area contributed by atoms with E-state index in [0.717, 1.165) is 43.5 Å². The molecule has 1 saturated carbocycles. The average Bonchev–Trinajstić information content (AvgIpc) is 3.41. The Labute approximate surface area is 172 Å². The third-order valence-electron chi connectivity index (χ3n) is 5.64. The minimum absolute atomic E-state index is 0.0253. The molecule has 5 heteroatoms. The lowest BCUT2D eigenvalue weighted by molar-refractivity contribution is -0.131. The quantitative estimate of drug-likeness (QED) is 0.785. The highest BCUT2D eigenvalue weighted by Gasteiger charge is 2.29. The van der Waals surface area contributed by atoms with Crippen LogP contribution in [0.15, 0.2) is 48.5 Å². The fraction of sp³-hybridized carbons (Fsp3) is 0.417. The number of aryl methyl sites for hydroxylation is 1. The number of carbonyl (C=O) groups is 2. The van der Waals surface area contributed by atoms with E-state index in [9.17, 15) is 9.59 Å². The number of hydrogen-bond donors (Lipinski definition) is 1. The summed E-state index contributed by atoms with van der Waals surface area (Å²) in [5, 5.41) is 2.98. The Morgan fingerprint density at radius 2 is 1.76 bits per heavy atom. The number of ether oxygens (including phenoxy) is 1. The molecule has 0 aromatic heterocycles. The van der Waals surface area contributed by atoms with Gasteiger partial charge in [-0.15, -0.1) is 0 Å². The molecule has 2 aliphatic rings. The standard InChI is InChI=1S/C24H28N2O3/c1-17-4-6-18(7-5-17)15-23(27)26-14-2-3-21(26)16-29-22-12-8-19(9-13-22)24(28)25-20-10-11-20/h4-9,12-13,20-21H,2-3,10-11,14-16H2,1H3,(H,25,28). The summed E-state index contributed by atoms with van der Waals surface area (Å²) in [5.41, 5.74) is 2.90. The summed E-state index contributed by atoms with van der Waals surface area (Å²) in [6.45, 7) is 3.32. The Balaban J connectivity index is 1.29. The van der Waals surface area contributed by atoms with E-state index in [1.807, 2.05) is 48.2 Å². The van der Waals surface area contributed by atoms with E-state index < -0.39 is 0 Å². The van der Waals surface area contributed by atoms with Gasteiger partial charge in [0.05, 0.1) is 12.5 Å². The van der Waals surface area contributed by atoms with Crippen molar-refractivity contribution in [3.8, 4) is 5.75 Å². The molecule has 4 rings (SSSR count). The van der Waals surface area contributed by atoms with Crippen molar-refractivity contribution in [1.82, 2.24) is 10.2 Å². The lowest BCUT2D eigenvalue weighted by Gasteiger charge is -2.25. The molecule has 1 unspecified atom stereocenters. The summed E-state index contributed by atoms with van der Waals surface area (Å²) in [6, 6.07) is 15.8. The summed E-state index contributed by atoms with van der Waals surface area (Å²) >= 11 is 0. The molecule has 1 aliphatic heterocycles. The molecule has 5 nitrogen and oxygen atoms in total. The minimum atomic E-state index is -0.0253. The summed E-state index contributed by atoms with van der Waals surface area (Å²) in [4.78, 5) is 26.8. The van der Waals surface area contributed by atoms with Crippen LogP contribution in [0.2, 0.25) is 0 Å². The fourth-order valence-corrected chi connectivity index (χ4v) is 3.71. The van der Waals surface area contributed by atoms with Gasteiger partial charge >= 0.3 is 0 Å². The van der Waals surface area contributed by atoms with Crippen LogP contribution in [0.1, 0.15) is 47.2 Å². The van der Waals surface area contributed by atoms with Crippen LogP contribution in [0, 0.1) is 6.92 Å². The van der Waals surface area contributed by atoms with Crippen LogP contribution >= 0.6 is 0 Å². The maximum absolute atomic E-state index is 12.8. The summed E-state index contributed by atoms with van der Waals surface area (Å²) in [7, 11) is 0. The molecule has 2 aromatic carbocycles. The van der Waals surface area contributed by atoms with Crippen molar-refractivity contribution in [3.05, 3.63) is 65.2 Å².